The van der Waals surface area contributed by atoms with Crippen LogP contribution in [0.5, 0.6) is 0 Å². The minimum atomic E-state index is -0.543. The van der Waals surface area contributed by atoms with E-state index in [-0.39, 0.29) is 19.0 Å². The van der Waals surface area contributed by atoms with Gasteiger partial charge in [-0.15, -0.1) is 0 Å². The molecule has 8 nitrogen and oxygen atoms in total. The average Bonchev–Trinajstić information content (AvgIpc) is 3.33. The number of fused-ring (bicyclic) bond motifs is 1. The van der Waals surface area contributed by atoms with Gasteiger partial charge in [0.2, 0.25) is 5.91 Å². The number of amides is 2. The largest absolute Gasteiger partial charge is 0.442 e. The van der Waals surface area contributed by atoms with E-state index in [0.29, 0.717) is 24.5 Å². The second-order valence-corrected chi connectivity index (χ2v) is 7.41. The molecule has 9 heteroatoms. The Morgan fingerprint density at radius 3 is 2.90 bits per heavy atom. The van der Waals surface area contributed by atoms with E-state index in [1.54, 1.807) is 12.1 Å². The van der Waals surface area contributed by atoms with Crippen LogP contribution in [-0.2, 0) is 29.2 Å². The number of cyclic esters (lactones) is 1. The van der Waals surface area contributed by atoms with Crippen LogP contribution in [0.2, 0.25) is 0 Å². The summed E-state index contributed by atoms with van der Waals surface area (Å²) in [5.41, 5.74) is 3.01. The van der Waals surface area contributed by atoms with Crippen LogP contribution in [0.15, 0.2) is 24.4 Å². The standard InChI is InChI=1S/C20H24FN5O3/c1-3-6-25-10-14-9-24(12-18(14)23-25)19-5-4-15(7-17(19)21)26-11-16(29-20(26)28)8-22-13(2)27/h4-5,7,10,16H,3,6,8-9,11-12H2,1-2H3,(H,22,27). The number of anilines is 2. The van der Waals surface area contributed by atoms with Gasteiger partial charge in [0.05, 0.1) is 36.7 Å². The van der Waals surface area contributed by atoms with Gasteiger partial charge in [-0.05, 0) is 24.6 Å². The summed E-state index contributed by atoms with van der Waals surface area (Å²) in [6.07, 6.45) is 2.05. The van der Waals surface area contributed by atoms with Gasteiger partial charge in [0, 0.05) is 31.8 Å². The Kier molecular flexibility index (Phi) is 5.12. The molecule has 1 atom stereocenters. The van der Waals surface area contributed by atoms with Gasteiger partial charge < -0.3 is 15.0 Å². The molecule has 4 rings (SSSR count). The van der Waals surface area contributed by atoms with E-state index in [2.05, 4.69) is 17.3 Å². The van der Waals surface area contributed by atoms with E-state index in [1.165, 1.54) is 17.9 Å². The Hall–Kier alpha value is -3.10. The lowest BCUT2D eigenvalue weighted by molar-refractivity contribution is -0.119. The lowest BCUT2D eigenvalue weighted by Gasteiger charge is -2.21. The zero-order valence-corrected chi connectivity index (χ0v) is 16.5. The molecule has 0 radical (unpaired) electrons. The van der Waals surface area contributed by atoms with Crippen LogP contribution in [0.3, 0.4) is 0 Å². The Morgan fingerprint density at radius 2 is 2.21 bits per heavy atom. The summed E-state index contributed by atoms with van der Waals surface area (Å²) >= 11 is 0. The van der Waals surface area contributed by atoms with Crippen molar-refractivity contribution in [2.24, 2.45) is 0 Å². The van der Waals surface area contributed by atoms with Crippen LogP contribution in [0, 0.1) is 5.82 Å². The summed E-state index contributed by atoms with van der Waals surface area (Å²) < 4.78 is 22.0. The van der Waals surface area contributed by atoms with Gasteiger partial charge in [-0.3, -0.25) is 14.4 Å². The molecule has 29 heavy (non-hydrogen) atoms. The molecule has 1 unspecified atom stereocenters. The molecule has 0 bridgehead atoms. The van der Waals surface area contributed by atoms with Crippen LogP contribution in [0.25, 0.3) is 0 Å². The summed E-state index contributed by atoms with van der Waals surface area (Å²) in [5, 5.41) is 7.19. The highest BCUT2D eigenvalue weighted by Gasteiger charge is 2.33. The maximum Gasteiger partial charge on any atom is 0.414 e. The first-order chi connectivity index (χ1) is 13.9. The van der Waals surface area contributed by atoms with E-state index in [4.69, 9.17) is 4.74 Å². The zero-order chi connectivity index (χ0) is 20.5. The molecule has 1 fully saturated rings. The van der Waals surface area contributed by atoms with E-state index < -0.39 is 18.0 Å². The summed E-state index contributed by atoms with van der Waals surface area (Å²) in [6.45, 7) is 6.06. The molecule has 0 saturated carbocycles. The number of benzene rings is 1. The van der Waals surface area contributed by atoms with Gasteiger partial charge in [-0.1, -0.05) is 6.92 Å². The number of ether oxygens (including phenoxy) is 1. The van der Waals surface area contributed by atoms with Crippen molar-refractivity contribution in [1.82, 2.24) is 15.1 Å². The van der Waals surface area contributed by atoms with E-state index in [0.717, 1.165) is 24.2 Å². The molecular formula is C20H24FN5O3. The summed E-state index contributed by atoms with van der Waals surface area (Å²) in [6, 6.07) is 4.75. The number of halogens is 1. The van der Waals surface area contributed by atoms with Crippen LogP contribution in [-0.4, -0.2) is 41.0 Å². The monoisotopic (exact) mass is 401 g/mol. The number of carbonyl (C=O) groups is 2. The highest BCUT2D eigenvalue weighted by Crippen LogP contribution is 2.32. The molecule has 1 aromatic carbocycles. The maximum atomic E-state index is 14.9. The molecule has 2 aliphatic heterocycles. The number of rotatable bonds is 6. The Labute approximate surface area is 168 Å². The van der Waals surface area contributed by atoms with Crippen LogP contribution >= 0.6 is 0 Å². The third-order valence-corrected chi connectivity index (χ3v) is 5.12. The Morgan fingerprint density at radius 1 is 1.38 bits per heavy atom. The number of aromatic nitrogens is 2. The lowest BCUT2D eigenvalue weighted by Crippen LogP contribution is -2.33. The minimum Gasteiger partial charge on any atom is -0.442 e. The van der Waals surface area contributed by atoms with Gasteiger partial charge in [-0.2, -0.15) is 5.10 Å². The molecule has 2 amide bonds. The molecule has 1 saturated heterocycles. The first-order valence-corrected chi connectivity index (χ1v) is 9.77. The molecule has 1 N–H and O–H groups in total. The van der Waals surface area contributed by atoms with E-state index in [1.807, 2.05) is 15.8 Å². The highest BCUT2D eigenvalue weighted by atomic mass is 19.1. The summed E-state index contributed by atoms with van der Waals surface area (Å²) in [7, 11) is 0. The second-order valence-electron chi connectivity index (χ2n) is 7.41. The number of carbonyl (C=O) groups excluding carboxylic acids is 2. The first kappa shape index (κ1) is 19.2. The number of aryl methyl sites for hydroxylation is 1. The van der Waals surface area contributed by atoms with E-state index in [9.17, 15) is 14.0 Å². The molecule has 1 aromatic heterocycles. The van der Waals surface area contributed by atoms with Crippen molar-refractivity contribution >= 4 is 23.4 Å². The van der Waals surface area contributed by atoms with Gasteiger partial charge in [0.15, 0.2) is 0 Å². The predicted molar refractivity (Wildman–Crippen MR) is 105 cm³/mol. The molecular weight excluding hydrogens is 377 g/mol. The van der Waals surface area contributed by atoms with Crippen LogP contribution < -0.4 is 15.1 Å². The van der Waals surface area contributed by atoms with Crippen molar-refractivity contribution in [1.29, 1.82) is 0 Å². The Bertz CT molecular complexity index is 921. The fourth-order valence-electron chi connectivity index (χ4n) is 3.74. The average molecular weight is 401 g/mol. The van der Waals surface area contributed by atoms with Gasteiger partial charge in [0.1, 0.15) is 11.9 Å². The quantitative estimate of drug-likeness (QED) is 0.804. The summed E-state index contributed by atoms with van der Waals surface area (Å²) in [5.74, 6) is -0.588. The molecule has 0 spiro atoms. The SMILES string of the molecule is CCCn1cc2c(n1)CN(c1ccc(N3CC(CNC(C)=O)OC3=O)cc1F)C2. The van der Waals surface area contributed by atoms with Gasteiger partial charge in [0.25, 0.3) is 0 Å². The number of nitrogens with zero attached hydrogens (tertiary/aromatic N) is 4. The number of hydrogen-bond donors (Lipinski definition) is 1. The van der Waals surface area contributed by atoms with Gasteiger partial charge in [-0.25, -0.2) is 9.18 Å². The van der Waals surface area contributed by atoms with Crippen molar-refractivity contribution in [3.05, 3.63) is 41.5 Å². The maximum absolute atomic E-state index is 14.9. The predicted octanol–water partition coefficient (Wildman–Crippen LogP) is 2.41. The normalized spacial score (nSPS) is 18.2. The molecule has 2 aliphatic rings. The number of hydrogen-bond acceptors (Lipinski definition) is 5. The van der Waals surface area contributed by atoms with Crippen molar-refractivity contribution in [2.45, 2.75) is 46.0 Å². The van der Waals surface area contributed by atoms with Crippen LogP contribution in [0.4, 0.5) is 20.6 Å². The fraction of sp³-hybridized carbons (Fsp3) is 0.450. The fourth-order valence-corrected chi connectivity index (χ4v) is 3.74. The molecule has 3 heterocycles. The van der Waals surface area contributed by atoms with Crippen molar-refractivity contribution < 1.29 is 18.7 Å². The van der Waals surface area contributed by atoms with E-state index >= 15 is 0 Å². The summed E-state index contributed by atoms with van der Waals surface area (Å²) in [4.78, 5) is 26.5. The lowest BCUT2D eigenvalue weighted by atomic mass is 10.2. The van der Waals surface area contributed by atoms with Crippen LogP contribution in [0.1, 0.15) is 31.5 Å². The Balaban J connectivity index is 1.44. The van der Waals surface area contributed by atoms with Crippen molar-refractivity contribution in [2.75, 3.05) is 22.9 Å². The minimum absolute atomic E-state index is 0.192. The smallest absolute Gasteiger partial charge is 0.414 e. The first-order valence-electron chi connectivity index (χ1n) is 9.77. The van der Waals surface area contributed by atoms with Crippen molar-refractivity contribution in [3.63, 3.8) is 0 Å². The highest BCUT2D eigenvalue weighted by molar-refractivity contribution is 5.90. The zero-order valence-electron chi connectivity index (χ0n) is 16.5. The molecule has 0 aliphatic carbocycles. The topological polar surface area (TPSA) is 79.7 Å². The van der Waals surface area contributed by atoms with Gasteiger partial charge >= 0.3 is 6.09 Å². The number of nitrogens with one attached hydrogen (secondary N) is 1. The third-order valence-electron chi connectivity index (χ3n) is 5.12. The van der Waals surface area contributed by atoms with Crippen molar-refractivity contribution in [3.8, 4) is 0 Å². The molecule has 154 valence electrons. The third kappa shape index (κ3) is 3.90. The molecule has 2 aromatic rings. The second kappa shape index (κ2) is 7.73.